The summed E-state index contributed by atoms with van der Waals surface area (Å²) in [6.45, 7) is 1.32. The van der Waals surface area contributed by atoms with Gasteiger partial charge in [-0.25, -0.2) is 0 Å². The van der Waals surface area contributed by atoms with Gasteiger partial charge in [-0.15, -0.1) is 0 Å². The van der Waals surface area contributed by atoms with Crippen molar-refractivity contribution in [2.45, 2.75) is 12.6 Å². The van der Waals surface area contributed by atoms with Crippen molar-refractivity contribution in [3.05, 3.63) is 68.7 Å². The number of nitro groups is 1. The first-order chi connectivity index (χ1) is 10.0. The molecule has 0 radical (unpaired) electrons. The topological polar surface area (TPSA) is 72.4 Å². The summed E-state index contributed by atoms with van der Waals surface area (Å²) in [4.78, 5) is 12.6. The van der Waals surface area contributed by atoms with Gasteiger partial charge in [0.25, 0.3) is 5.69 Å². The Balaban J connectivity index is 1.90. The van der Waals surface area contributed by atoms with Crippen molar-refractivity contribution in [3.8, 4) is 0 Å². The Morgan fingerprint density at radius 3 is 2.86 bits per heavy atom. The molecule has 0 fully saturated rings. The molecule has 0 aromatic heterocycles. The Hall–Kier alpha value is -2.11. The summed E-state index contributed by atoms with van der Waals surface area (Å²) in [5, 5.41) is 11.5. The molecule has 2 aromatic carbocycles. The quantitative estimate of drug-likeness (QED) is 0.697. The van der Waals surface area contributed by atoms with E-state index < -0.39 is 4.92 Å². The van der Waals surface area contributed by atoms with Crippen LogP contribution in [-0.2, 0) is 6.54 Å². The number of halogens is 1. The molecule has 0 saturated carbocycles. The van der Waals surface area contributed by atoms with Crippen molar-refractivity contribution in [1.29, 1.82) is 0 Å². The second-order valence-electron chi connectivity index (χ2n) is 5.12. The predicted octanol–water partition coefficient (Wildman–Crippen LogP) is 3.27. The number of hydrogen-bond donors (Lipinski definition) is 1. The van der Waals surface area contributed by atoms with Gasteiger partial charge in [-0.1, -0.05) is 23.7 Å². The van der Waals surface area contributed by atoms with Crippen molar-refractivity contribution in [2.75, 3.05) is 11.4 Å². The summed E-state index contributed by atoms with van der Waals surface area (Å²) in [6, 6.07) is 12.3. The zero-order valence-corrected chi connectivity index (χ0v) is 12.0. The highest BCUT2D eigenvalue weighted by molar-refractivity contribution is 6.30. The van der Waals surface area contributed by atoms with E-state index in [-0.39, 0.29) is 11.7 Å². The lowest BCUT2D eigenvalue weighted by Crippen LogP contribution is -2.23. The highest BCUT2D eigenvalue weighted by Crippen LogP contribution is 2.36. The third-order valence-corrected chi connectivity index (χ3v) is 3.88. The van der Waals surface area contributed by atoms with Gasteiger partial charge in [0.2, 0.25) is 0 Å². The van der Waals surface area contributed by atoms with E-state index in [0.29, 0.717) is 18.1 Å². The van der Waals surface area contributed by atoms with Crippen molar-refractivity contribution >= 4 is 23.0 Å². The fraction of sp³-hybridized carbons (Fsp3) is 0.200. The Morgan fingerprint density at radius 2 is 2.14 bits per heavy atom. The van der Waals surface area contributed by atoms with Crippen molar-refractivity contribution in [3.63, 3.8) is 0 Å². The molecule has 1 aliphatic heterocycles. The zero-order valence-electron chi connectivity index (χ0n) is 11.2. The maximum Gasteiger partial charge on any atom is 0.269 e. The number of benzene rings is 2. The average molecular weight is 304 g/mol. The highest BCUT2D eigenvalue weighted by atomic mass is 35.5. The average Bonchev–Trinajstić information content (AvgIpc) is 2.75. The van der Waals surface area contributed by atoms with E-state index in [0.717, 1.165) is 16.8 Å². The van der Waals surface area contributed by atoms with E-state index >= 15 is 0 Å². The van der Waals surface area contributed by atoms with Gasteiger partial charge >= 0.3 is 0 Å². The molecule has 0 aliphatic carbocycles. The molecular weight excluding hydrogens is 290 g/mol. The molecule has 0 spiro atoms. The fourth-order valence-electron chi connectivity index (χ4n) is 2.68. The molecule has 6 heteroatoms. The van der Waals surface area contributed by atoms with Crippen LogP contribution in [0.25, 0.3) is 0 Å². The highest BCUT2D eigenvalue weighted by Gasteiger charge is 2.27. The van der Waals surface area contributed by atoms with Crippen LogP contribution in [0, 0.1) is 10.1 Å². The third-order valence-electron chi connectivity index (χ3n) is 3.64. The van der Waals surface area contributed by atoms with Crippen molar-refractivity contribution < 1.29 is 4.92 Å². The number of fused-ring (bicyclic) bond motifs is 1. The first kappa shape index (κ1) is 13.9. The second-order valence-corrected chi connectivity index (χ2v) is 5.55. The standard InChI is InChI=1S/C15H14ClN3O2/c16-11-3-1-2-10(6-11)8-18-9-14(17)13-7-12(19(20)21)4-5-15(13)18/h1-7,14H,8-9,17H2. The van der Waals surface area contributed by atoms with Crippen LogP contribution in [0.5, 0.6) is 0 Å². The van der Waals surface area contributed by atoms with E-state index in [1.165, 1.54) is 6.07 Å². The van der Waals surface area contributed by atoms with Crippen molar-refractivity contribution in [1.82, 2.24) is 0 Å². The molecule has 3 rings (SSSR count). The number of rotatable bonds is 3. The van der Waals surface area contributed by atoms with E-state index in [1.807, 2.05) is 24.3 Å². The molecule has 0 amide bonds. The lowest BCUT2D eigenvalue weighted by molar-refractivity contribution is -0.384. The fourth-order valence-corrected chi connectivity index (χ4v) is 2.89. The molecule has 1 atom stereocenters. The van der Waals surface area contributed by atoms with Gasteiger partial charge in [-0.3, -0.25) is 10.1 Å². The molecule has 5 nitrogen and oxygen atoms in total. The summed E-state index contributed by atoms with van der Waals surface area (Å²) < 4.78 is 0. The smallest absolute Gasteiger partial charge is 0.269 e. The van der Waals surface area contributed by atoms with Crippen LogP contribution in [0.3, 0.4) is 0 Å². The van der Waals surface area contributed by atoms with Crippen LogP contribution in [0.2, 0.25) is 5.02 Å². The summed E-state index contributed by atoms with van der Waals surface area (Å²) in [5.74, 6) is 0. The minimum Gasteiger partial charge on any atom is -0.365 e. The van der Waals surface area contributed by atoms with Crippen LogP contribution < -0.4 is 10.6 Å². The second kappa shape index (κ2) is 5.35. The maximum atomic E-state index is 10.9. The largest absolute Gasteiger partial charge is 0.365 e. The lowest BCUT2D eigenvalue weighted by atomic mass is 10.1. The monoisotopic (exact) mass is 303 g/mol. The van der Waals surface area contributed by atoms with Crippen LogP contribution in [0.4, 0.5) is 11.4 Å². The number of non-ortho nitro benzene ring substituents is 1. The minimum atomic E-state index is -0.396. The third kappa shape index (κ3) is 2.70. The molecule has 0 bridgehead atoms. The van der Waals surface area contributed by atoms with E-state index in [9.17, 15) is 10.1 Å². The first-order valence-electron chi connectivity index (χ1n) is 6.58. The maximum absolute atomic E-state index is 10.9. The van der Waals surface area contributed by atoms with Crippen molar-refractivity contribution in [2.24, 2.45) is 5.73 Å². The van der Waals surface area contributed by atoms with Gasteiger partial charge < -0.3 is 10.6 Å². The Kier molecular flexibility index (Phi) is 3.53. The minimum absolute atomic E-state index is 0.0776. The zero-order chi connectivity index (χ0) is 15.0. The Labute approximate surface area is 127 Å². The van der Waals surface area contributed by atoms with E-state index in [2.05, 4.69) is 4.90 Å². The number of nitrogens with zero attached hydrogens (tertiary/aromatic N) is 2. The molecule has 21 heavy (non-hydrogen) atoms. The van der Waals surface area contributed by atoms with Gasteiger partial charge in [0, 0.05) is 47.5 Å². The molecule has 1 aliphatic rings. The van der Waals surface area contributed by atoms with Crippen LogP contribution in [0.15, 0.2) is 42.5 Å². The summed E-state index contributed by atoms with van der Waals surface area (Å²) in [5.41, 5.74) is 9.04. The molecule has 108 valence electrons. The van der Waals surface area contributed by atoms with Gasteiger partial charge in [0.15, 0.2) is 0 Å². The Bertz CT molecular complexity index is 705. The number of nitrogens with two attached hydrogens (primary N) is 1. The molecule has 2 N–H and O–H groups in total. The van der Waals surface area contributed by atoms with Gasteiger partial charge in [0.1, 0.15) is 0 Å². The number of nitro benzene ring substituents is 1. The summed E-state index contributed by atoms with van der Waals surface area (Å²) in [6.07, 6.45) is 0. The molecule has 2 aromatic rings. The molecule has 1 unspecified atom stereocenters. The van der Waals surface area contributed by atoms with Gasteiger partial charge in [-0.05, 0) is 23.8 Å². The van der Waals surface area contributed by atoms with Crippen LogP contribution in [-0.4, -0.2) is 11.5 Å². The predicted molar refractivity (Wildman–Crippen MR) is 82.5 cm³/mol. The normalized spacial score (nSPS) is 16.9. The first-order valence-corrected chi connectivity index (χ1v) is 6.95. The number of anilines is 1. The van der Waals surface area contributed by atoms with Gasteiger partial charge in [-0.2, -0.15) is 0 Å². The Morgan fingerprint density at radius 1 is 1.33 bits per heavy atom. The lowest BCUT2D eigenvalue weighted by Gasteiger charge is -2.19. The van der Waals surface area contributed by atoms with E-state index in [1.54, 1.807) is 12.1 Å². The van der Waals surface area contributed by atoms with Crippen LogP contribution in [0.1, 0.15) is 17.2 Å². The van der Waals surface area contributed by atoms with Crippen LogP contribution >= 0.6 is 11.6 Å². The molecule has 0 saturated heterocycles. The molecular formula is C15H14ClN3O2. The molecule has 1 heterocycles. The summed E-state index contributed by atoms with van der Waals surface area (Å²) >= 11 is 6.00. The van der Waals surface area contributed by atoms with E-state index in [4.69, 9.17) is 17.3 Å². The van der Waals surface area contributed by atoms with Gasteiger partial charge in [0.05, 0.1) is 4.92 Å². The SMILES string of the molecule is NC1CN(Cc2cccc(Cl)c2)c2ccc([N+](=O)[O-])cc21. The number of hydrogen-bond acceptors (Lipinski definition) is 4. The summed E-state index contributed by atoms with van der Waals surface area (Å²) in [7, 11) is 0.